The van der Waals surface area contributed by atoms with Gasteiger partial charge in [-0.2, -0.15) is 0 Å². The van der Waals surface area contributed by atoms with Crippen molar-refractivity contribution in [2.75, 3.05) is 26.6 Å². The number of amides is 2. The number of ether oxygens (including phenoxy) is 3. The molecular formula is C23H31N3O6. The molecule has 1 heterocycles. The standard InChI is InChI=1S/C23H31N3O6/c1-13(2)26(14(3)4)22(28)16-9-17(23(29)25(5)12-16)24-21(27)15-10-18(30-6)20(32-8)19(11-15)31-7/h9-14H,1-8H3,(H,24,27). The summed E-state index contributed by atoms with van der Waals surface area (Å²) in [7, 11) is 5.88. The zero-order valence-electron chi connectivity index (χ0n) is 19.8. The van der Waals surface area contributed by atoms with Gasteiger partial charge in [-0.05, 0) is 45.9 Å². The van der Waals surface area contributed by atoms with E-state index in [9.17, 15) is 14.4 Å². The van der Waals surface area contributed by atoms with Gasteiger partial charge in [0.2, 0.25) is 5.75 Å². The van der Waals surface area contributed by atoms with Gasteiger partial charge in [-0.1, -0.05) is 0 Å². The summed E-state index contributed by atoms with van der Waals surface area (Å²) >= 11 is 0. The molecule has 32 heavy (non-hydrogen) atoms. The van der Waals surface area contributed by atoms with Crippen LogP contribution in [-0.2, 0) is 7.05 Å². The topological polar surface area (TPSA) is 99.1 Å². The van der Waals surface area contributed by atoms with E-state index in [0.29, 0.717) is 22.8 Å². The Morgan fingerprint density at radius 1 is 0.906 bits per heavy atom. The van der Waals surface area contributed by atoms with Crippen molar-refractivity contribution >= 4 is 17.5 Å². The molecule has 0 aliphatic carbocycles. The maximum Gasteiger partial charge on any atom is 0.274 e. The van der Waals surface area contributed by atoms with Crippen molar-refractivity contribution in [3.8, 4) is 17.2 Å². The van der Waals surface area contributed by atoms with Crippen LogP contribution in [0.5, 0.6) is 17.2 Å². The number of methoxy groups -OCH3 is 3. The second-order valence-corrected chi connectivity index (χ2v) is 7.83. The van der Waals surface area contributed by atoms with Crippen molar-refractivity contribution in [3.63, 3.8) is 0 Å². The number of anilines is 1. The molecule has 0 aliphatic heterocycles. The monoisotopic (exact) mass is 445 g/mol. The van der Waals surface area contributed by atoms with Crippen LogP contribution in [0.2, 0.25) is 0 Å². The molecule has 9 nitrogen and oxygen atoms in total. The third kappa shape index (κ3) is 5.04. The summed E-state index contributed by atoms with van der Waals surface area (Å²) in [6.45, 7) is 7.69. The van der Waals surface area contributed by atoms with E-state index < -0.39 is 11.5 Å². The summed E-state index contributed by atoms with van der Waals surface area (Å²) in [5.41, 5.74) is 0.0477. The maximum absolute atomic E-state index is 13.1. The summed E-state index contributed by atoms with van der Waals surface area (Å²) in [4.78, 5) is 40.4. The number of nitrogens with zero attached hydrogens (tertiary/aromatic N) is 2. The molecule has 0 spiro atoms. The molecule has 0 aliphatic rings. The summed E-state index contributed by atoms with van der Waals surface area (Å²) < 4.78 is 17.1. The molecule has 0 atom stereocenters. The van der Waals surface area contributed by atoms with Crippen LogP contribution in [-0.4, -0.2) is 54.7 Å². The molecule has 0 radical (unpaired) electrons. The average molecular weight is 446 g/mol. The number of carbonyl (C=O) groups is 2. The number of rotatable bonds is 8. The van der Waals surface area contributed by atoms with E-state index in [4.69, 9.17) is 14.2 Å². The molecular weight excluding hydrogens is 414 g/mol. The summed E-state index contributed by atoms with van der Waals surface area (Å²) in [6, 6.07) is 4.30. The highest BCUT2D eigenvalue weighted by Crippen LogP contribution is 2.38. The number of carbonyl (C=O) groups excluding carboxylic acids is 2. The lowest BCUT2D eigenvalue weighted by Crippen LogP contribution is -2.42. The van der Waals surface area contributed by atoms with Crippen molar-refractivity contribution in [1.29, 1.82) is 0 Å². The predicted molar refractivity (Wildman–Crippen MR) is 122 cm³/mol. The van der Waals surface area contributed by atoms with Gasteiger partial charge < -0.3 is 29.0 Å². The number of pyridine rings is 1. The molecule has 0 saturated carbocycles. The zero-order valence-corrected chi connectivity index (χ0v) is 19.8. The van der Waals surface area contributed by atoms with E-state index >= 15 is 0 Å². The van der Waals surface area contributed by atoms with Crippen LogP contribution in [0.15, 0.2) is 29.2 Å². The first-order valence-electron chi connectivity index (χ1n) is 10.2. The molecule has 2 amide bonds. The van der Waals surface area contributed by atoms with Gasteiger partial charge in [0.15, 0.2) is 11.5 Å². The normalized spacial score (nSPS) is 10.8. The maximum atomic E-state index is 13.1. The number of benzene rings is 1. The quantitative estimate of drug-likeness (QED) is 0.671. The fourth-order valence-corrected chi connectivity index (χ4v) is 3.54. The highest BCUT2D eigenvalue weighted by atomic mass is 16.5. The number of hydrogen-bond acceptors (Lipinski definition) is 6. The average Bonchev–Trinajstić information content (AvgIpc) is 2.74. The van der Waals surface area contributed by atoms with Crippen LogP contribution >= 0.6 is 0 Å². The Bertz CT molecular complexity index is 1030. The number of aryl methyl sites for hydroxylation is 1. The molecule has 0 saturated heterocycles. The molecule has 174 valence electrons. The van der Waals surface area contributed by atoms with E-state index in [2.05, 4.69) is 5.32 Å². The summed E-state index contributed by atoms with van der Waals surface area (Å²) in [6.07, 6.45) is 1.47. The minimum absolute atomic E-state index is 0.00966. The van der Waals surface area contributed by atoms with Crippen LogP contribution in [0, 0.1) is 0 Å². The number of nitrogens with one attached hydrogen (secondary N) is 1. The van der Waals surface area contributed by atoms with Gasteiger partial charge in [0, 0.05) is 30.9 Å². The van der Waals surface area contributed by atoms with Crippen LogP contribution in [0.1, 0.15) is 48.4 Å². The molecule has 1 aromatic carbocycles. The summed E-state index contributed by atoms with van der Waals surface area (Å²) in [5.74, 6) is 0.165. The first-order valence-corrected chi connectivity index (χ1v) is 10.2. The molecule has 2 aromatic rings. The fraction of sp³-hybridized carbons (Fsp3) is 0.435. The van der Waals surface area contributed by atoms with Gasteiger partial charge in [0.1, 0.15) is 5.69 Å². The molecule has 9 heteroatoms. The van der Waals surface area contributed by atoms with Gasteiger partial charge in [0.25, 0.3) is 17.4 Å². The third-order valence-corrected chi connectivity index (χ3v) is 4.95. The Morgan fingerprint density at radius 3 is 1.88 bits per heavy atom. The van der Waals surface area contributed by atoms with Crippen molar-refractivity contribution in [3.05, 3.63) is 45.9 Å². The first-order chi connectivity index (χ1) is 15.0. The Kier molecular flexibility index (Phi) is 7.91. The molecule has 0 unspecified atom stereocenters. The van der Waals surface area contributed by atoms with Crippen LogP contribution in [0.3, 0.4) is 0 Å². The first kappa shape index (κ1) is 24.8. The SMILES string of the molecule is COc1cc(C(=O)Nc2cc(C(=O)N(C(C)C)C(C)C)cn(C)c2=O)cc(OC)c1OC. The Morgan fingerprint density at radius 2 is 1.44 bits per heavy atom. The Labute approximate surface area is 187 Å². The lowest BCUT2D eigenvalue weighted by Gasteiger charge is -2.31. The molecule has 1 N–H and O–H groups in total. The van der Waals surface area contributed by atoms with Gasteiger partial charge in [-0.3, -0.25) is 14.4 Å². The number of hydrogen-bond donors (Lipinski definition) is 1. The van der Waals surface area contributed by atoms with E-state index in [1.165, 1.54) is 57.3 Å². The van der Waals surface area contributed by atoms with E-state index in [1.807, 2.05) is 27.7 Å². The number of aromatic nitrogens is 1. The smallest absolute Gasteiger partial charge is 0.274 e. The third-order valence-electron chi connectivity index (χ3n) is 4.95. The van der Waals surface area contributed by atoms with Crippen molar-refractivity contribution in [1.82, 2.24) is 9.47 Å². The minimum Gasteiger partial charge on any atom is -0.493 e. The Balaban J connectivity index is 2.47. The van der Waals surface area contributed by atoms with Crippen LogP contribution < -0.4 is 25.1 Å². The van der Waals surface area contributed by atoms with Gasteiger partial charge in [-0.25, -0.2) is 0 Å². The Hall–Kier alpha value is -3.49. The van der Waals surface area contributed by atoms with Crippen LogP contribution in [0.25, 0.3) is 0 Å². The lowest BCUT2D eigenvalue weighted by molar-refractivity contribution is 0.0642. The van der Waals surface area contributed by atoms with Gasteiger partial charge >= 0.3 is 0 Å². The lowest BCUT2D eigenvalue weighted by atomic mass is 10.1. The zero-order chi connectivity index (χ0) is 24.2. The second-order valence-electron chi connectivity index (χ2n) is 7.83. The van der Waals surface area contributed by atoms with E-state index in [0.717, 1.165) is 0 Å². The molecule has 0 bridgehead atoms. The molecule has 1 aromatic heterocycles. The van der Waals surface area contributed by atoms with E-state index in [1.54, 1.807) is 4.90 Å². The highest BCUT2D eigenvalue weighted by Gasteiger charge is 2.24. The van der Waals surface area contributed by atoms with Crippen molar-refractivity contribution in [2.24, 2.45) is 7.05 Å². The van der Waals surface area contributed by atoms with E-state index in [-0.39, 0.29) is 29.2 Å². The van der Waals surface area contributed by atoms with Gasteiger partial charge in [0.05, 0.1) is 26.9 Å². The van der Waals surface area contributed by atoms with Crippen molar-refractivity contribution in [2.45, 2.75) is 39.8 Å². The minimum atomic E-state index is -0.560. The van der Waals surface area contributed by atoms with Gasteiger partial charge in [-0.15, -0.1) is 0 Å². The fourth-order valence-electron chi connectivity index (χ4n) is 3.54. The van der Waals surface area contributed by atoms with Crippen molar-refractivity contribution < 1.29 is 23.8 Å². The largest absolute Gasteiger partial charge is 0.493 e. The highest BCUT2D eigenvalue weighted by molar-refractivity contribution is 6.05. The van der Waals surface area contributed by atoms with Crippen LogP contribution in [0.4, 0.5) is 5.69 Å². The molecule has 2 rings (SSSR count). The second kappa shape index (κ2) is 10.2. The predicted octanol–water partition coefficient (Wildman–Crippen LogP) is 2.92. The molecule has 0 fully saturated rings. The summed E-state index contributed by atoms with van der Waals surface area (Å²) in [5, 5.41) is 2.61.